The normalized spacial score (nSPS) is 23.8. The minimum absolute atomic E-state index is 0.150. The van der Waals surface area contributed by atoms with E-state index in [4.69, 9.17) is 11.6 Å². The summed E-state index contributed by atoms with van der Waals surface area (Å²) in [6.45, 7) is 2.98. The third-order valence-electron chi connectivity index (χ3n) is 5.96. The fourth-order valence-electron chi connectivity index (χ4n) is 4.30. The first-order valence-corrected chi connectivity index (χ1v) is 10.2. The molecule has 2 aromatic rings. The van der Waals surface area contributed by atoms with Gasteiger partial charge in [0.1, 0.15) is 0 Å². The number of hydrogen-bond donors (Lipinski definition) is 2. The molecule has 148 valence electrons. The van der Waals surface area contributed by atoms with Gasteiger partial charge in [0.15, 0.2) is 0 Å². The molecule has 2 fully saturated rings. The molecule has 2 unspecified atom stereocenters. The highest BCUT2D eigenvalue weighted by Gasteiger charge is 2.33. The highest BCUT2D eigenvalue weighted by atomic mass is 35.5. The maximum atomic E-state index is 10.8. The standard InChI is InChI=1S/C21H25ClN4O2/c22-18-5-3-16(4-6-18)20-13-21(24-23-20)17-9-11-25(12-10-17)14-15-1-7-19(8-2-15)26(27)28/h1-8,17,20-21,23-24H,9-14H2. The van der Waals surface area contributed by atoms with Gasteiger partial charge in [-0.3, -0.25) is 25.9 Å². The molecule has 2 aromatic carbocycles. The van der Waals surface area contributed by atoms with Crippen LogP contribution in [0.15, 0.2) is 48.5 Å². The molecule has 0 aromatic heterocycles. The van der Waals surface area contributed by atoms with Gasteiger partial charge >= 0.3 is 0 Å². The fourth-order valence-corrected chi connectivity index (χ4v) is 4.42. The van der Waals surface area contributed by atoms with E-state index in [1.807, 2.05) is 24.3 Å². The minimum Gasteiger partial charge on any atom is -0.299 e. The molecule has 2 aliphatic rings. The zero-order chi connectivity index (χ0) is 19.5. The lowest BCUT2D eigenvalue weighted by Gasteiger charge is -2.34. The van der Waals surface area contributed by atoms with Crippen LogP contribution in [0.2, 0.25) is 5.02 Å². The van der Waals surface area contributed by atoms with Crippen molar-refractivity contribution < 1.29 is 4.92 Å². The van der Waals surface area contributed by atoms with Gasteiger partial charge in [-0.25, -0.2) is 0 Å². The zero-order valence-corrected chi connectivity index (χ0v) is 16.4. The zero-order valence-electron chi connectivity index (χ0n) is 15.7. The van der Waals surface area contributed by atoms with Crippen LogP contribution in [0.5, 0.6) is 0 Å². The Labute approximate surface area is 170 Å². The number of likely N-dealkylation sites (tertiary alicyclic amines) is 1. The highest BCUT2D eigenvalue weighted by Crippen LogP contribution is 2.31. The van der Waals surface area contributed by atoms with E-state index in [1.54, 1.807) is 12.1 Å². The number of nitro groups is 1. The van der Waals surface area contributed by atoms with E-state index in [0.29, 0.717) is 18.0 Å². The summed E-state index contributed by atoms with van der Waals surface area (Å²) in [5.41, 5.74) is 9.50. The van der Waals surface area contributed by atoms with Crippen molar-refractivity contribution in [1.82, 2.24) is 15.8 Å². The van der Waals surface area contributed by atoms with E-state index in [-0.39, 0.29) is 10.6 Å². The van der Waals surface area contributed by atoms with Crippen molar-refractivity contribution in [1.29, 1.82) is 0 Å². The van der Waals surface area contributed by atoms with Gasteiger partial charge in [-0.2, -0.15) is 0 Å². The quantitative estimate of drug-likeness (QED) is 0.584. The average Bonchev–Trinajstić information content (AvgIpc) is 3.20. The van der Waals surface area contributed by atoms with E-state index in [9.17, 15) is 10.1 Å². The van der Waals surface area contributed by atoms with Crippen LogP contribution >= 0.6 is 11.6 Å². The van der Waals surface area contributed by atoms with Gasteiger partial charge in [-0.15, -0.1) is 0 Å². The molecule has 4 rings (SSSR count). The number of nitrogens with zero attached hydrogens (tertiary/aromatic N) is 2. The smallest absolute Gasteiger partial charge is 0.269 e. The molecule has 0 saturated carbocycles. The second-order valence-corrected chi connectivity index (χ2v) is 8.21. The van der Waals surface area contributed by atoms with Crippen LogP contribution in [0, 0.1) is 16.0 Å². The number of piperidine rings is 1. The Morgan fingerprint density at radius 2 is 1.71 bits per heavy atom. The van der Waals surface area contributed by atoms with E-state index >= 15 is 0 Å². The molecule has 7 heteroatoms. The highest BCUT2D eigenvalue weighted by molar-refractivity contribution is 6.30. The molecule has 2 atom stereocenters. The summed E-state index contributed by atoms with van der Waals surface area (Å²) in [6.07, 6.45) is 3.42. The summed E-state index contributed by atoms with van der Waals surface area (Å²) in [5.74, 6) is 0.665. The summed E-state index contributed by atoms with van der Waals surface area (Å²) < 4.78 is 0. The van der Waals surface area contributed by atoms with Crippen LogP contribution in [0.25, 0.3) is 0 Å². The number of halogens is 1. The molecule has 28 heavy (non-hydrogen) atoms. The molecule has 0 radical (unpaired) electrons. The first kappa shape index (κ1) is 19.3. The van der Waals surface area contributed by atoms with Crippen molar-refractivity contribution in [2.75, 3.05) is 13.1 Å². The predicted octanol–water partition coefficient (Wildman–Crippen LogP) is 4.07. The van der Waals surface area contributed by atoms with Gasteiger partial charge in [0.2, 0.25) is 0 Å². The van der Waals surface area contributed by atoms with Crippen LogP contribution < -0.4 is 10.9 Å². The van der Waals surface area contributed by atoms with Gasteiger partial charge in [0.25, 0.3) is 5.69 Å². The molecule has 2 heterocycles. The number of nitro benzene ring substituents is 1. The van der Waals surface area contributed by atoms with Gasteiger partial charge < -0.3 is 0 Å². The lowest BCUT2D eigenvalue weighted by Crippen LogP contribution is -2.42. The van der Waals surface area contributed by atoms with Gasteiger partial charge in [-0.1, -0.05) is 35.9 Å². The van der Waals surface area contributed by atoms with Crippen LogP contribution in [0.4, 0.5) is 5.69 Å². The molecule has 0 spiro atoms. The number of hydrazine groups is 1. The third-order valence-corrected chi connectivity index (χ3v) is 6.21. The summed E-state index contributed by atoms with van der Waals surface area (Å²) in [5, 5.41) is 11.5. The second kappa shape index (κ2) is 8.57. The molecule has 0 bridgehead atoms. The maximum absolute atomic E-state index is 10.8. The Morgan fingerprint density at radius 1 is 1.04 bits per heavy atom. The number of nitrogens with one attached hydrogen (secondary N) is 2. The summed E-state index contributed by atoms with van der Waals surface area (Å²) in [7, 11) is 0. The molecule has 2 aliphatic heterocycles. The molecule has 0 amide bonds. The maximum Gasteiger partial charge on any atom is 0.269 e. The molecule has 6 nitrogen and oxygen atoms in total. The van der Waals surface area contributed by atoms with E-state index in [2.05, 4.69) is 27.9 Å². The minimum atomic E-state index is -0.352. The van der Waals surface area contributed by atoms with E-state index in [0.717, 1.165) is 36.6 Å². The second-order valence-electron chi connectivity index (χ2n) is 7.77. The number of benzene rings is 2. The fraction of sp³-hybridized carbons (Fsp3) is 0.429. The van der Waals surface area contributed by atoms with E-state index in [1.165, 1.54) is 18.4 Å². The average molecular weight is 401 g/mol. The lowest BCUT2D eigenvalue weighted by atomic mass is 9.86. The van der Waals surface area contributed by atoms with Crippen molar-refractivity contribution in [2.45, 2.75) is 37.9 Å². The first-order chi connectivity index (χ1) is 13.6. The topological polar surface area (TPSA) is 70.4 Å². The SMILES string of the molecule is O=[N+]([O-])c1ccc(CN2CCC(C3CC(c4ccc(Cl)cc4)NN3)CC2)cc1. The Balaban J connectivity index is 1.26. The molecule has 2 saturated heterocycles. The van der Waals surface area contributed by atoms with Gasteiger partial charge in [0, 0.05) is 35.8 Å². The number of hydrogen-bond acceptors (Lipinski definition) is 5. The van der Waals surface area contributed by atoms with Gasteiger partial charge in [0.05, 0.1) is 4.92 Å². The molecule has 2 N–H and O–H groups in total. The predicted molar refractivity (Wildman–Crippen MR) is 110 cm³/mol. The first-order valence-electron chi connectivity index (χ1n) is 9.81. The Bertz CT molecular complexity index is 804. The number of non-ortho nitro benzene ring substituents is 1. The van der Waals surface area contributed by atoms with Crippen molar-refractivity contribution in [2.24, 2.45) is 5.92 Å². The summed E-state index contributed by atoms with van der Waals surface area (Å²) in [4.78, 5) is 12.9. The van der Waals surface area contributed by atoms with Crippen LogP contribution in [0.3, 0.4) is 0 Å². The van der Waals surface area contributed by atoms with E-state index < -0.39 is 0 Å². The summed E-state index contributed by atoms with van der Waals surface area (Å²) >= 11 is 5.99. The summed E-state index contributed by atoms with van der Waals surface area (Å²) in [6, 6.07) is 15.8. The van der Waals surface area contributed by atoms with Crippen molar-refractivity contribution in [3.63, 3.8) is 0 Å². The van der Waals surface area contributed by atoms with Gasteiger partial charge in [-0.05, 0) is 61.5 Å². The van der Waals surface area contributed by atoms with Crippen LogP contribution in [0.1, 0.15) is 36.4 Å². The lowest BCUT2D eigenvalue weighted by molar-refractivity contribution is -0.384. The molecule has 0 aliphatic carbocycles. The Morgan fingerprint density at radius 3 is 2.36 bits per heavy atom. The third kappa shape index (κ3) is 4.52. The van der Waals surface area contributed by atoms with Crippen molar-refractivity contribution in [3.8, 4) is 0 Å². The van der Waals surface area contributed by atoms with Crippen molar-refractivity contribution >= 4 is 17.3 Å². The Kier molecular flexibility index (Phi) is 5.92. The monoisotopic (exact) mass is 400 g/mol. The van der Waals surface area contributed by atoms with Crippen LogP contribution in [-0.4, -0.2) is 29.0 Å². The molecular weight excluding hydrogens is 376 g/mol. The molecular formula is C21H25ClN4O2. The largest absolute Gasteiger partial charge is 0.299 e. The Hall–Kier alpha value is -1.99. The van der Waals surface area contributed by atoms with Crippen molar-refractivity contribution in [3.05, 3.63) is 74.8 Å². The number of rotatable bonds is 5. The van der Waals surface area contributed by atoms with Crippen LogP contribution in [-0.2, 0) is 6.54 Å².